The zero-order chi connectivity index (χ0) is 8.39. The first-order valence-electron chi connectivity index (χ1n) is 3.86. The van der Waals surface area contributed by atoms with Crippen LogP contribution in [0.15, 0.2) is 30.9 Å². The van der Waals surface area contributed by atoms with Crippen LogP contribution in [0.1, 0.15) is 5.82 Å². The molecule has 1 heterocycles. The van der Waals surface area contributed by atoms with Gasteiger partial charge in [0.1, 0.15) is 5.82 Å². The van der Waals surface area contributed by atoms with E-state index in [1.54, 1.807) is 0 Å². The van der Waals surface area contributed by atoms with Gasteiger partial charge in [-0.3, -0.25) is 0 Å². The monoisotopic (exact) mass is 157 g/mol. The van der Waals surface area contributed by atoms with Gasteiger partial charge in [0.25, 0.3) is 0 Å². The summed E-state index contributed by atoms with van der Waals surface area (Å²) in [6, 6.07) is 8.70. The van der Waals surface area contributed by atoms with Gasteiger partial charge in [-0.05, 0) is 18.2 Å². The molecule has 1 radical (unpaired) electrons. The highest BCUT2D eigenvalue weighted by molar-refractivity contribution is 5.74. The Labute approximate surface area is 70.9 Å². The average Bonchev–Trinajstić information content (AvgIpc) is 2.47. The summed E-state index contributed by atoms with van der Waals surface area (Å²) in [5, 5.41) is 0. The fourth-order valence-electron chi connectivity index (χ4n) is 1.18. The van der Waals surface area contributed by atoms with Gasteiger partial charge in [0.05, 0.1) is 11.0 Å². The minimum absolute atomic E-state index is 0.786. The predicted molar refractivity (Wildman–Crippen MR) is 48.8 cm³/mol. The molecule has 0 saturated carbocycles. The third-order valence-electron chi connectivity index (χ3n) is 1.71. The molecular weight excluding hydrogens is 148 g/mol. The molecule has 1 aromatic carbocycles. The van der Waals surface area contributed by atoms with Gasteiger partial charge in [-0.15, -0.1) is 6.58 Å². The third-order valence-corrected chi connectivity index (χ3v) is 1.71. The maximum atomic E-state index is 4.36. The van der Waals surface area contributed by atoms with Crippen molar-refractivity contribution in [1.29, 1.82) is 0 Å². The van der Waals surface area contributed by atoms with Gasteiger partial charge in [0.15, 0.2) is 0 Å². The number of aromatic amines is 1. The molecule has 1 N–H and O–H groups in total. The van der Waals surface area contributed by atoms with Crippen molar-refractivity contribution in [2.75, 3.05) is 0 Å². The molecule has 1 aromatic heterocycles. The lowest BCUT2D eigenvalue weighted by Crippen LogP contribution is -1.81. The molecule has 0 aliphatic heterocycles. The minimum atomic E-state index is 0.786. The molecule has 2 heteroatoms. The number of hydrogen-bond donors (Lipinski definition) is 1. The quantitative estimate of drug-likeness (QED) is 0.664. The van der Waals surface area contributed by atoms with E-state index in [0.717, 1.165) is 23.3 Å². The smallest absolute Gasteiger partial charge is 0.111 e. The van der Waals surface area contributed by atoms with Crippen molar-refractivity contribution in [1.82, 2.24) is 9.97 Å². The van der Waals surface area contributed by atoms with Crippen LogP contribution >= 0.6 is 0 Å². The van der Waals surface area contributed by atoms with Crippen molar-refractivity contribution in [3.05, 3.63) is 42.7 Å². The van der Waals surface area contributed by atoms with E-state index in [-0.39, 0.29) is 0 Å². The molecule has 0 saturated heterocycles. The number of nitrogens with zero attached hydrogens (tertiary/aromatic N) is 1. The molecule has 12 heavy (non-hydrogen) atoms. The van der Waals surface area contributed by atoms with Crippen LogP contribution in [0, 0.1) is 6.07 Å². The Morgan fingerprint density at radius 2 is 2.58 bits per heavy atom. The van der Waals surface area contributed by atoms with Gasteiger partial charge in [-0.2, -0.15) is 0 Å². The van der Waals surface area contributed by atoms with Crippen LogP contribution < -0.4 is 0 Å². The first-order valence-corrected chi connectivity index (χ1v) is 3.86. The molecular formula is C10H9N2. The molecule has 0 spiro atoms. The van der Waals surface area contributed by atoms with Gasteiger partial charge < -0.3 is 4.98 Å². The number of hydrogen-bond acceptors (Lipinski definition) is 1. The maximum Gasteiger partial charge on any atom is 0.111 e. The molecule has 0 amide bonds. The summed E-state index contributed by atoms with van der Waals surface area (Å²) in [6.07, 6.45) is 2.62. The Morgan fingerprint density at radius 1 is 1.67 bits per heavy atom. The molecule has 2 aromatic rings. The van der Waals surface area contributed by atoms with E-state index in [2.05, 4.69) is 22.6 Å². The van der Waals surface area contributed by atoms with Crippen molar-refractivity contribution >= 4 is 11.0 Å². The molecule has 2 rings (SSSR count). The zero-order valence-corrected chi connectivity index (χ0v) is 6.67. The number of imidazole rings is 1. The van der Waals surface area contributed by atoms with Gasteiger partial charge >= 0.3 is 0 Å². The number of H-pyrrole nitrogens is 1. The Balaban J connectivity index is 2.54. The molecule has 0 atom stereocenters. The van der Waals surface area contributed by atoms with E-state index >= 15 is 0 Å². The second kappa shape index (κ2) is 2.81. The van der Waals surface area contributed by atoms with Crippen LogP contribution in [0.3, 0.4) is 0 Å². The van der Waals surface area contributed by atoms with Crippen LogP contribution in [0.5, 0.6) is 0 Å². The molecule has 59 valence electrons. The fourth-order valence-corrected chi connectivity index (χ4v) is 1.18. The number of rotatable bonds is 2. The number of nitrogens with one attached hydrogen (secondary N) is 1. The topological polar surface area (TPSA) is 28.7 Å². The SMILES string of the molecule is C=CCc1nc2cc[c]cc2[nH]1. The van der Waals surface area contributed by atoms with Crippen molar-refractivity contribution in [3.8, 4) is 0 Å². The van der Waals surface area contributed by atoms with E-state index in [1.165, 1.54) is 0 Å². The molecule has 0 aliphatic carbocycles. The molecule has 2 nitrogen and oxygen atoms in total. The highest BCUT2D eigenvalue weighted by atomic mass is 14.9. The van der Waals surface area contributed by atoms with Crippen molar-refractivity contribution in [3.63, 3.8) is 0 Å². The average molecular weight is 157 g/mol. The van der Waals surface area contributed by atoms with E-state index in [4.69, 9.17) is 0 Å². The molecule has 0 fully saturated rings. The second-order valence-corrected chi connectivity index (χ2v) is 2.62. The summed E-state index contributed by atoms with van der Waals surface area (Å²) >= 11 is 0. The maximum absolute atomic E-state index is 4.36. The Morgan fingerprint density at radius 3 is 3.33 bits per heavy atom. The number of allylic oxidation sites excluding steroid dienone is 1. The Kier molecular flexibility index (Phi) is 1.67. The number of fused-ring (bicyclic) bond motifs is 1. The Bertz CT molecular complexity index is 368. The summed E-state index contributed by atoms with van der Waals surface area (Å²) in [5.74, 6) is 0.958. The van der Waals surface area contributed by atoms with Crippen LogP contribution in [-0.4, -0.2) is 9.97 Å². The summed E-state index contributed by atoms with van der Waals surface area (Å²) in [6.45, 7) is 3.66. The summed E-state index contributed by atoms with van der Waals surface area (Å²) < 4.78 is 0. The summed E-state index contributed by atoms with van der Waals surface area (Å²) in [5.41, 5.74) is 2.03. The second-order valence-electron chi connectivity index (χ2n) is 2.62. The number of aromatic nitrogens is 2. The largest absolute Gasteiger partial charge is 0.342 e. The lowest BCUT2D eigenvalue weighted by Gasteiger charge is -1.83. The molecule has 0 bridgehead atoms. The van der Waals surface area contributed by atoms with Crippen LogP contribution in [0.4, 0.5) is 0 Å². The van der Waals surface area contributed by atoms with Crippen LogP contribution in [-0.2, 0) is 6.42 Å². The predicted octanol–water partition coefficient (Wildman–Crippen LogP) is 2.09. The van der Waals surface area contributed by atoms with E-state index in [1.807, 2.05) is 24.3 Å². The highest BCUT2D eigenvalue weighted by Crippen LogP contribution is 2.09. The zero-order valence-electron chi connectivity index (χ0n) is 6.67. The molecule has 0 aliphatic rings. The fraction of sp³-hybridized carbons (Fsp3) is 0.100. The minimum Gasteiger partial charge on any atom is -0.342 e. The van der Waals surface area contributed by atoms with E-state index in [9.17, 15) is 0 Å². The van der Waals surface area contributed by atoms with E-state index < -0.39 is 0 Å². The van der Waals surface area contributed by atoms with Gasteiger partial charge in [-0.1, -0.05) is 12.1 Å². The van der Waals surface area contributed by atoms with Gasteiger partial charge in [0.2, 0.25) is 0 Å². The molecule has 0 unspecified atom stereocenters. The first-order chi connectivity index (χ1) is 5.90. The van der Waals surface area contributed by atoms with Crippen LogP contribution in [0.2, 0.25) is 0 Å². The number of benzene rings is 1. The van der Waals surface area contributed by atoms with E-state index in [0.29, 0.717) is 0 Å². The lowest BCUT2D eigenvalue weighted by molar-refractivity contribution is 1.07. The normalized spacial score (nSPS) is 10.3. The third kappa shape index (κ3) is 1.11. The van der Waals surface area contributed by atoms with Gasteiger partial charge in [-0.25, -0.2) is 4.98 Å². The Hall–Kier alpha value is -1.57. The summed E-state index contributed by atoms with van der Waals surface area (Å²) in [4.78, 5) is 7.54. The first kappa shape index (κ1) is 7.10. The standard InChI is InChI=1S/C10H9N2/c1-2-5-10-11-8-6-3-4-7-9(8)12-10/h2-3,6-7H,1,5H2,(H,11,12). The van der Waals surface area contributed by atoms with Crippen molar-refractivity contribution < 1.29 is 0 Å². The summed E-state index contributed by atoms with van der Waals surface area (Å²) in [7, 11) is 0. The van der Waals surface area contributed by atoms with Crippen molar-refractivity contribution in [2.45, 2.75) is 6.42 Å². The highest BCUT2D eigenvalue weighted by Gasteiger charge is 1.98. The van der Waals surface area contributed by atoms with Gasteiger partial charge in [0, 0.05) is 6.42 Å². The van der Waals surface area contributed by atoms with Crippen molar-refractivity contribution in [2.24, 2.45) is 0 Å². The van der Waals surface area contributed by atoms with Crippen LogP contribution in [0.25, 0.3) is 11.0 Å². The lowest BCUT2D eigenvalue weighted by atomic mass is 10.3.